The Hall–Kier alpha value is -6.18. The molecule has 0 spiro atoms. The van der Waals surface area contributed by atoms with Crippen molar-refractivity contribution >= 4 is 27.8 Å². The van der Waals surface area contributed by atoms with Gasteiger partial charge in [-0.1, -0.05) is 153 Å². The molecule has 1 nitrogen and oxygen atoms in total. The topological polar surface area (TPSA) is 3.24 Å². The largest absolute Gasteiger partial charge is 0.310 e. The van der Waals surface area contributed by atoms with Crippen LogP contribution in [0.15, 0.2) is 182 Å². The van der Waals surface area contributed by atoms with E-state index >= 15 is 0 Å². The van der Waals surface area contributed by atoms with E-state index in [2.05, 4.69) is 208 Å². The van der Waals surface area contributed by atoms with Crippen LogP contribution in [0.25, 0.3) is 55.3 Å². The van der Waals surface area contributed by atoms with Gasteiger partial charge in [0.25, 0.3) is 0 Å². The van der Waals surface area contributed by atoms with E-state index in [1.807, 2.05) is 0 Å². The van der Waals surface area contributed by atoms with E-state index in [1.54, 1.807) is 0 Å². The molecule has 0 radical (unpaired) electrons. The molecule has 0 saturated carbocycles. The molecule has 1 aliphatic carbocycles. The van der Waals surface area contributed by atoms with Gasteiger partial charge in [0, 0.05) is 22.5 Å². The van der Waals surface area contributed by atoms with Crippen LogP contribution in [-0.4, -0.2) is 0 Å². The first-order chi connectivity index (χ1) is 24.9. The lowest BCUT2D eigenvalue weighted by molar-refractivity contribution is 0.660. The van der Waals surface area contributed by atoms with Crippen LogP contribution in [-0.2, 0) is 5.41 Å². The van der Waals surface area contributed by atoms with Gasteiger partial charge in [-0.15, -0.1) is 0 Å². The Bertz CT molecular complexity index is 2540. The molecule has 0 fully saturated rings. The summed E-state index contributed by atoms with van der Waals surface area (Å²) in [4.78, 5) is 2.40. The molecular formula is C50H39N. The van der Waals surface area contributed by atoms with E-state index in [1.165, 1.54) is 77.7 Å². The maximum atomic E-state index is 2.42. The van der Waals surface area contributed by atoms with Gasteiger partial charge in [-0.2, -0.15) is 0 Å². The Morgan fingerprint density at radius 3 is 1.51 bits per heavy atom. The molecule has 0 N–H and O–H groups in total. The van der Waals surface area contributed by atoms with Crippen molar-refractivity contribution in [3.63, 3.8) is 0 Å². The smallest absolute Gasteiger partial charge is 0.0468 e. The minimum absolute atomic E-state index is 0.154. The van der Waals surface area contributed by atoms with Crippen LogP contribution in [0, 0.1) is 6.92 Å². The van der Waals surface area contributed by atoms with Crippen molar-refractivity contribution in [1.82, 2.24) is 0 Å². The van der Waals surface area contributed by atoms with Gasteiger partial charge in [-0.05, 0) is 121 Å². The number of hydrogen-bond acceptors (Lipinski definition) is 1. The van der Waals surface area contributed by atoms with Crippen molar-refractivity contribution in [2.45, 2.75) is 26.2 Å². The number of hydrogen-bond donors (Lipinski definition) is 0. The SMILES string of the molecule is Cc1cccc(N(c2ccc3c(c2)C(C)(C)c2cc(-c4ccc(-c5ccc(-c6ccccc6)cc5)cc4)ccc2-3)c2ccc3ccccc3c2)c1. The highest BCUT2D eigenvalue weighted by atomic mass is 15.1. The maximum absolute atomic E-state index is 2.42. The molecular weight excluding hydrogens is 615 g/mol. The van der Waals surface area contributed by atoms with Gasteiger partial charge < -0.3 is 4.90 Å². The van der Waals surface area contributed by atoms with Crippen molar-refractivity contribution in [2.24, 2.45) is 0 Å². The second-order valence-electron chi connectivity index (χ2n) is 14.3. The molecule has 8 aromatic carbocycles. The van der Waals surface area contributed by atoms with E-state index in [-0.39, 0.29) is 5.41 Å². The molecule has 0 heterocycles. The summed E-state index contributed by atoms with van der Waals surface area (Å²) in [5.41, 5.74) is 17.4. The molecule has 0 amide bonds. The van der Waals surface area contributed by atoms with Gasteiger partial charge in [-0.3, -0.25) is 0 Å². The van der Waals surface area contributed by atoms with Crippen molar-refractivity contribution in [1.29, 1.82) is 0 Å². The molecule has 9 rings (SSSR count). The standard InChI is InChI=1S/C50H39N/c1-34-10-9-15-43(30-34)51(44-26-24-36-13-7-8-14-41(36)31-44)45-27-29-47-46-28-25-42(32-48(46)50(2,3)49(47)33-45)40-22-20-39(21-23-40)38-18-16-37(17-19-38)35-11-5-4-6-12-35/h4-33H,1-3H3. The number of rotatable bonds is 6. The zero-order chi connectivity index (χ0) is 34.5. The Labute approximate surface area is 301 Å². The number of aryl methyl sites for hydroxylation is 1. The summed E-state index contributed by atoms with van der Waals surface area (Å²) in [6.07, 6.45) is 0. The lowest BCUT2D eigenvalue weighted by Gasteiger charge is -2.28. The Morgan fingerprint density at radius 1 is 0.353 bits per heavy atom. The van der Waals surface area contributed by atoms with Crippen LogP contribution in [0.4, 0.5) is 17.1 Å². The van der Waals surface area contributed by atoms with E-state index in [9.17, 15) is 0 Å². The van der Waals surface area contributed by atoms with Gasteiger partial charge in [0.15, 0.2) is 0 Å². The normalized spacial score (nSPS) is 12.8. The third kappa shape index (κ3) is 5.52. The van der Waals surface area contributed by atoms with Crippen LogP contribution in [0.3, 0.4) is 0 Å². The summed E-state index contributed by atoms with van der Waals surface area (Å²) in [5, 5.41) is 2.49. The fourth-order valence-corrected chi connectivity index (χ4v) is 7.92. The van der Waals surface area contributed by atoms with Gasteiger partial charge in [0.1, 0.15) is 0 Å². The Morgan fingerprint density at radius 2 is 0.843 bits per heavy atom. The lowest BCUT2D eigenvalue weighted by atomic mass is 9.81. The van der Waals surface area contributed by atoms with Gasteiger partial charge in [-0.25, -0.2) is 0 Å². The minimum atomic E-state index is -0.154. The first-order valence-electron chi connectivity index (χ1n) is 17.8. The minimum Gasteiger partial charge on any atom is -0.310 e. The average molecular weight is 654 g/mol. The predicted molar refractivity (Wildman–Crippen MR) is 217 cm³/mol. The van der Waals surface area contributed by atoms with Crippen molar-refractivity contribution < 1.29 is 0 Å². The summed E-state index contributed by atoms with van der Waals surface area (Å²) in [6, 6.07) is 66.7. The van der Waals surface area contributed by atoms with E-state index in [0.29, 0.717) is 0 Å². The summed E-state index contributed by atoms with van der Waals surface area (Å²) >= 11 is 0. The number of fused-ring (bicyclic) bond motifs is 4. The number of anilines is 3. The fourth-order valence-electron chi connectivity index (χ4n) is 7.92. The quantitative estimate of drug-likeness (QED) is 0.173. The molecule has 1 heteroatoms. The van der Waals surface area contributed by atoms with E-state index in [0.717, 1.165) is 11.4 Å². The number of benzene rings is 8. The molecule has 1 aliphatic rings. The van der Waals surface area contributed by atoms with E-state index in [4.69, 9.17) is 0 Å². The second kappa shape index (κ2) is 12.3. The Kier molecular flexibility index (Phi) is 7.44. The van der Waals surface area contributed by atoms with Crippen molar-refractivity contribution in [3.8, 4) is 44.5 Å². The average Bonchev–Trinajstić information content (AvgIpc) is 3.40. The van der Waals surface area contributed by atoms with Crippen LogP contribution < -0.4 is 4.90 Å². The van der Waals surface area contributed by atoms with Gasteiger partial charge in [0.05, 0.1) is 0 Å². The molecule has 244 valence electrons. The van der Waals surface area contributed by atoms with Gasteiger partial charge >= 0.3 is 0 Å². The lowest BCUT2D eigenvalue weighted by Crippen LogP contribution is -2.16. The maximum Gasteiger partial charge on any atom is 0.0468 e. The molecule has 0 unspecified atom stereocenters. The van der Waals surface area contributed by atoms with Crippen LogP contribution in [0.5, 0.6) is 0 Å². The molecule has 0 atom stereocenters. The third-order valence-electron chi connectivity index (χ3n) is 10.7. The highest BCUT2D eigenvalue weighted by Crippen LogP contribution is 2.51. The first-order valence-corrected chi connectivity index (χ1v) is 17.8. The first kappa shape index (κ1) is 30.8. The third-order valence-corrected chi connectivity index (χ3v) is 10.7. The van der Waals surface area contributed by atoms with Crippen LogP contribution in [0.2, 0.25) is 0 Å². The monoisotopic (exact) mass is 653 g/mol. The summed E-state index contributed by atoms with van der Waals surface area (Å²) in [7, 11) is 0. The predicted octanol–water partition coefficient (Wildman–Crippen LogP) is 13.9. The molecule has 8 aromatic rings. The van der Waals surface area contributed by atoms with Crippen molar-refractivity contribution in [3.05, 3.63) is 199 Å². The number of nitrogens with zero attached hydrogens (tertiary/aromatic N) is 1. The Balaban J connectivity index is 1.04. The molecule has 0 aliphatic heterocycles. The zero-order valence-corrected chi connectivity index (χ0v) is 29.3. The highest BCUT2D eigenvalue weighted by Gasteiger charge is 2.36. The van der Waals surface area contributed by atoms with E-state index < -0.39 is 0 Å². The summed E-state index contributed by atoms with van der Waals surface area (Å²) in [5.74, 6) is 0. The molecule has 0 aromatic heterocycles. The molecule has 0 saturated heterocycles. The fraction of sp³-hybridized carbons (Fsp3) is 0.0800. The summed E-state index contributed by atoms with van der Waals surface area (Å²) < 4.78 is 0. The highest BCUT2D eigenvalue weighted by molar-refractivity contribution is 5.91. The van der Waals surface area contributed by atoms with Crippen LogP contribution >= 0.6 is 0 Å². The summed E-state index contributed by atoms with van der Waals surface area (Å²) in [6.45, 7) is 6.92. The molecule has 0 bridgehead atoms. The van der Waals surface area contributed by atoms with Gasteiger partial charge in [0.2, 0.25) is 0 Å². The van der Waals surface area contributed by atoms with Crippen LogP contribution in [0.1, 0.15) is 30.5 Å². The van der Waals surface area contributed by atoms with Crippen molar-refractivity contribution in [2.75, 3.05) is 4.90 Å². The second-order valence-corrected chi connectivity index (χ2v) is 14.3. The zero-order valence-electron chi connectivity index (χ0n) is 29.3. The molecule has 51 heavy (non-hydrogen) atoms.